The number of benzene rings is 2. The molecule has 0 fully saturated rings. The summed E-state index contributed by atoms with van der Waals surface area (Å²) in [6, 6.07) is 17.0. The van der Waals surface area contributed by atoms with Crippen molar-refractivity contribution in [1.29, 1.82) is 0 Å². The molecule has 0 unspecified atom stereocenters. The zero-order valence-electron chi connectivity index (χ0n) is 13.8. The lowest BCUT2D eigenvalue weighted by Crippen LogP contribution is -2.22. The summed E-state index contributed by atoms with van der Waals surface area (Å²) in [7, 11) is 0. The number of hydrogen-bond acceptors (Lipinski definition) is 4. The van der Waals surface area contributed by atoms with Crippen LogP contribution in [-0.2, 0) is 6.54 Å². The van der Waals surface area contributed by atoms with Crippen molar-refractivity contribution >= 4 is 5.91 Å². The summed E-state index contributed by atoms with van der Waals surface area (Å²) in [5.74, 6) is 0.497. The average Bonchev–Trinajstić information content (AvgIpc) is 3.40. The molecule has 0 spiro atoms. The Morgan fingerprint density at radius 1 is 1.12 bits per heavy atom. The standard InChI is InChI=1S/C19H16N6O/c26-19(16-4-1-3-15(11-16)18-21-13-22-24-18)20-12-14-5-7-17(8-6-14)25-10-2-9-23-25/h1-11,13H,12H2,(H,20,26)(H,21,22,24). The van der Waals surface area contributed by atoms with Crippen molar-refractivity contribution in [2.24, 2.45) is 0 Å². The van der Waals surface area contributed by atoms with Gasteiger partial charge < -0.3 is 5.32 Å². The van der Waals surface area contributed by atoms with Crippen LogP contribution >= 0.6 is 0 Å². The highest BCUT2D eigenvalue weighted by Gasteiger charge is 2.08. The van der Waals surface area contributed by atoms with Crippen LogP contribution in [0, 0.1) is 0 Å². The van der Waals surface area contributed by atoms with Gasteiger partial charge in [-0.2, -0.15) is 10.2 Å². The summed E-state index contributed by atoms with van der Waals surface area (Å²) < 4.78 is 1.79. The summed E-state index contributed by atoms with van der Waals surface area (Å²) in [6.45, 7) is 0.449. The van der Waals surface area contributed by atoms with E-state index >= 15 is 0 Å². The van der Waals surface area contributed by atoms with Crippen LogP contribution in [0.25, 0.3) is 17.1 Å². The molecule has 0 radical (unpaired) electrons. The molecule has 2 N–H and O–H groups in total. The van der Waals surface area contributed by atoms with E-state index in [4.69, 9.17) is 0 Å². The van der Waals surface area contributed by atoms with Crippen LogP contribution in [0.2, 0.25) is 0 Å². The molecule has 7 nitrogen and oxygen atoms in total. The third-order valence-electron chi connectivity index (χ3n) is 3.97. The molecule has 0 saturated carbocycles. The van der Waals surface area contributed by atoms with Crippen molar-refractivity contribution in [3.63, 3.8) is 0 Å². The Bertz CT molecular complexity index is 991. The first-order valence-electron chi connectivity index (χ1n) is 8.12. The van der Waals surface area contributed by atoms with Gasteiger partial charge in [0.1, 0.15) is 6.33 Å². The molecule has 2 heterocycles. The third-order valence-corrected chi connectivity index (χ3v) is 3.97. The summed E-state index contributed by atoms with van der Waals surface area (Å²) in [6.07, 6.45) is 5.06. The number of nitrogens with one attached hydrogen (secondary N) is 2. The van der Waals surface area contributed by atoms with Crippen LogP contribution < -0.4 is 5.32 Å². The lowest BCUT2D eigenvalue weighted by molar-refractivity contribution is 0.0951. The van der Waals surface area contributed by atoms with Gasteiger partial charge >= 0.3 is 0 Å². The maximum absolute atomic E-state index is 12.4. The predicted molar refractivity (Wildman–Crippen MR) is 96.6 cm³/mol. The van der Waals surface area contributed by atoms with E-state index in [1.807, 2.05) is 48.7 Å². The van der Waals surface area contributed by atoms with Crippen LogP contribution in [-0.4, -0.2) is 30.9 Å². The zero-order valence-corrected chi connectivity index (χ0v) is 13.8. The van der Waals surface area contributed by atoms with Gasteiger partial charge in [-0.1, -0.05) is 24.3 Å². The van der Waals surface area contributed by atoms with Gasteiger partial charge in [-0.3, -0.25) is 9.89 Å². The Morgan fingerprint density at radius 2 is 2.00 bits per heavy atom. The maximum Gasteiger partial charge on any atom is 0.251 e. The van der Waals surface area contributed by atoms with Crippen molar-refractivity contribution in [2.75, 3.05) is 0 Å². The highest BCUT2D eigenvalue weighted by atomic mass is 16.1. The minimum atomic E-state index is -0.137. The van der Waals surface area contributed by atoms with Gasteiger partial charge in [0.05, 0.1) is 5.69 Å². The lowest BCUT2D eigenvalue weighted by Gasteiger charge is -2.08. The molecule has 2 aromatic heterocycles. The van der Waals surface area contributed by atoms with Crippen molar-refractivity contribution in [2.45, 2.75) is 6.54 Å². The first-order chi connectivity index (χ1) is 12.8. The van der Waals surface area contributed by atoms with Crippen molar-refractivity contribution in [3.8, 4) is 17.1 Å². The first kappa shape index (κ1) is 15.8. The molecular weight excluding hydrogens is 328 g/mol. The van der Waals surface area contributed by atoms with Crippen LogP contribution in [0.1, 0.15) is 15.9 Å². The van der Waals surface area contributed by atoms with Gasteiger partial charge in [-0.05, 0) is 35.9 Å². The second kappa shape index (κ2) is 7.02. The van der Waals surface area contributed by atoms with E-state index < -0.39 is 0 Å². The number of hydrogen-bond donors (Lipinski definition) is 2. The highest BCUT2D eigenvalue weighted by molar-refractivity contribution is 5.95. The topological polar surface area (TPSA) is 88.5 Å². The van der Waals surface area contributed by atoms with Gasteiger partial charge in [-0.15, -0.1) is 0 Å². The van der Waals surface area contributed by atoms with E-state index in [0.717, 1.165) is 16.8 Å². The molecule has 0 aliphatic rings. The fourth-order valence-electron chi connectivity index (χ4n) is 2.62. The average molecular weight is 344 g/mol. The molecular formula is C19H16N6O. The Morgan fingerprint density at radius 3 is 2.73 bits per heavy atom. The quantitative estimate of drug-likeness (QED) is 0.582. The molecule has 0 aliphatic heterocycles. The molecule has 0 atom stereocenters. The van der Waals surface area contributed by atoms with Crippen molar-refractivity contribution in [1.82, 2.24) is 30.3 Å². The highest BCUT2D eigenvalue weighted by Crippen LogP contribution is 2.15. The second-order valence-corrected chi connectivity index (χ2v) is 5.71. The SMILES string of the molecule is O=C(NCc1ccc(-n2cccn2)cc1)c1cccc(-c2ncn[nH]2)c1. The third kappa shape index (κ3) is 3.36. The lowest BCUT2D eigenvalue weighted by atomic mass is 10.1. The van der Waals surface area contributed by atoms with Gasteiger partial charge in [0.25, 0.3) is 5.91 Å². The van der Waals surface area contributed by atoms with E-state index in [2.05, 4.69) is 25.6 Å². The number of carbonyl (C=O) groups is 1. The summed E-state index contributed by atoms with van der Waals surface area (Å²) in [5.41, 5.74) is 3.39. The number of H-pyrrole nitrogens is 1. The number of carbonyl (C=O) groups excluding carboxylic acids is 1. The fourth-order valence-corrected chi connectivity index (χ4v) is 2.62. The minimum Gasteiger partial charge on any atom is -0.348 e. The maximum atomic E-state index is 12.4. The molecule has 0 saturated heterocycles. The molecule has 4 rings (SSSR count). The Balaban J connectivity index is 1.42. The Kier molecular flexibility index (Phi) is 4.26. The van der Waals surface area contributed by atoms with E-state index in [0.29, 0.717) is 17.9 Å². The zero-order chi connectivity index (χ0) is 17.8. The van der Waals surface area contributed by atoms with Gasteiger partial charge in [0.15, 0.2) is 5.82 Å². The van der Waals surface area contributed by atoms with Crippen LogP contribution in [0.3, 0.4) is 0 Å². The smallest absolute Gasteiger partial charge is 0.251 e. The van der Waals surface area contributed by atoms with Crippen LogP contribution in [0.5, 0.6) is 0 Å². The van der Waals surface area contributed by atoms with Crippen molar-refractivity contribution in [3.05, 3.63) is 84.4 Å². The molecule has 128 valence electrons. The molecule has 1 amide bonds. The molecule has 2 aromatic carbocycles. The van der Waals surface area contributed by atoms with Crippen molar-refractivity contribution < 1.29 is 4.79 Å². The monoisotopic (exact) mass is 344 g/mol. The number of aromatic amines is 1. The molecule has 0 bridgehead atoms. The number of amides is 1. The Hall–Kier alpha value is -3.74. The fraction of sp³-hybridized carbons (Fsp3) is 0.0526. The summed E-state index contributed by atoms with van der Waals surface area (Å²) in [5, 5.41) is 13.8. The second-order valence-electron chi connectivity index (χ2n) is 5.71. The number of aromatic nitrogens is 5. The summed E-state index contributed by atoms with van der Waals surface area (Å²) in [4.78, 5) is 16.5. The van der Waals surface area contributed by atoms with Gasteiger partial charge in [0.2, 0.25) is 0 Å². The Labute approximate surface area is 149 Å². The van der Waals surface area contributed by atoms with E-state index in [1.165, 1.54) is 6.33 Å². The largest absolute Gasteiger partial charge is 0.348 e. The molecule has 7 heteroatoms. The first-order valence-corrected chi connectivity index (χ1v) is 8.12. The molecule has 0 aliphatic carbocycles. The molecule has 26 heavy (non-hydrogen) atoms. The summed E-state index contributed by atoms with van der Waals surface area (Å²) >= 11 is 0. The van der Waals surface area contributed by atoms with Gasteiger partial charge in [-0.25, -0.2) is 9.67 Å². The number of rotatable bonds is 5. The van der Waals surface area contributed by atoms with Crippen LogP contribution in [0.15, 0.2) is 73.3 Å². The van der Waals surface area contributed by atoms with E-state index in [1.54, 1.807) is 23.0 Å². The van der Waals surface area contributed by atoms with E-state index in [-0.39, 0.29) is 5.91 Å². The number of nitrogens with zero attached hydrogens (tertiary/aromatic N) is 4. The normalized spacial score (nSPS) is 10.6. The van der Waals surface area contributed by atoms with Crippen LogP contribution in [0.4, 0.5) is 0 Å². The van der Waals surface area contributed by atoms with Gasteiger partial charge in [0, 0.05) is 30.1 Å². The molecule has 4 aromatic rings. The minimum absolute atomic E-state index is 0.137. The predicted octanol–water partition coefficient (Wildman–Crippen LogP) is 2.59. The van der Waals surface area contributed by atoms with E-state index in [9.17, 15) is 4.79 Å².